The van der Waals surface area contributed by atoms with Crippen molar-refractivity contribution in [3.63, 3.8) is 0 Å². The quantitative estimate of drug-likeness (QED) is 0.700. The Bertz CT molecular complexity index is 770. The molecule has 0 radical (unpaired) electrons. The van der Waals surface area contributed by atoms with Crippen molar-refractivity contribution in [1.82, 2.24) is 0 Å². The van der Waals surface area contributed by atoms with Gasteiger partial charge in [0, 0.05) is 12.2 Å². The summed E-state index contributed by atoms with van der Waals surface area (Å²) >= 11 is 0. The minimum Gasteiger partial charge on any atom is -0.484 e. The van der Waals surface area contributed by atoms with E-state index in [9.17, 15) is 27.9 Å². The van der Waals surface area contributed by atoms with Crippen LogP contribution in [0.25, 0.3) is 0 Å². The molecular formula is C21H26F3NO5. The lowest BCUT2D eigenvalue weighted by Gasteiger charge is -2.40. The Morgan fingerprint density at radius 2 is 1.77 bits per heavy atom. The number of nitrogens with zero attached hydrogens (tertiary/aromatic N) is 1. The predicted octanol–water partition coefficient (Wildman–Crippen LogP) is 3.61. The summed E-state index contributed by atoms with van der Waals surface area (Å²) < 4.78 is 46.4. The number of carbonyl (C=O) groups excluding carboxylic acids is 2. The average molecular weight is 429 g/mol. The number of alkyl halides is 3. The third-order valence-electron chi connectivity index (χ3n) is 5.98. The summed E-state index contributed by atoms with van der Waals surface area (Å²) in [6.45, 7) is 1.09. The number of amides is 1. The van der Waals surface area contributed by atoms with Gasteiger partial charge in [0.2, 0.25) is 5.91 Å². The fourth-order valence-electron chi connectivity index (χ4n) is 4.27. The maximum atomic E-state index is 13.1. The average Bonchev–Trinajstić information content (AvgIpc) is 2.99. The third-order valence-corrected chi connectivity index (χ3v) is 5.98. The Morgan fingerprint density at radius 3 is 2.33 bits per heavy atom. The molecule has 1 aromatic carbocycles. The molecule has 166 valence electrons. The monoisotopic (exact) mass is 429 g/mol. The van der Waals surface area contributed by atoms with E-state index in [1.165, 1.54) is 12.1 Å². The molecule has 1 heterocycles. The molecule has 0 aromatic heterocycles. The third kappa shape index (κ3) is 5.06. The first kappa shape index (κ1) is 22.4. The molecule has 1 saturated carbocycles. The Balaban J connectivity index is 1.60. The summed E-state index contributed by atoms with van der Waals surface area (Å²) in [5.74, 6) is -0.410. The Labute approximate surface area is 172 Å². The highest BCUT2D eigenvalue weighted by molar-refractivity contribution is 6.00. The standard InChI is InChI=1S/C21H26F3NO5/c1-2-29-17(26)13-20(28)9-7-19(8-10-20)11-12-25(18(19)27)15-3-5-16(6-4-15)30-14-21(22,23)24/h3-6,28H,2,7-14H2,1H3. The molecule has 2 fully saturated rings. The Kier molecular flexibility index (Phi) is 6.31. The second-order valence-electron chi connectivity index (χ2n) is 8.09. The highest BCUT2D eigenvalue weighted by Gasteiger charge is 2.52. The molecule has 30 heavy (non-hydrogen) atoms. The molecule has 9 heteroatoms. The number of carbonyl (C=O) groups is 2. The molecule has 6 nitrogen and oxygen atoms in total. The Hall–Kier alpha value is -2.29. The van der Waals surface area contributed by atoms with Gasteiger partial charge >= 0.3 is 12.1 Å². The number of hydrogen-bond acceptors (Lipinski definition) is 5. The summed E-state index contributed by atoms with van der Waals surface area (Å²) in [5, 5.41) is 10.7. The smallest absolute Gasteiger partial charge is 0.422 e. The van der Waals surface area contributed by atoms with E-state index in [1.807, 2.05) is 0 Å². The summed E-state index contributed by atoms with van der Waals surface area (Å²) in [6.07, 6.45) is -2.21. The number of rotatable bonds is 6. The van der Waals surface area contributed by atoms with Crippen LogP contribution in [0.3, 0.4) is 0 Å². The van der Waals surface area contributed by atoms with Crippen molar-refractivity contribution in [2.75, 3.05) is 24.7 Å². The second-order valence-corrected chi connectivity index (χ2v) is 8.09. The summed E-state index contributed by atoms with van der Waals surface area (Å²) in [6, 6.07) is 5.97. The number of halogens is 3. The summed E-state index contributed by atoms with van der Waals surface area (Å²) in [5.41, 5.74) is -1.13. The number of hydrogen-bond donors (Lipinski definition) is 1. The molecule has 0 bridgehead atoms. The topological polar surface area (TPSA) is 76.1 Å². The van der Waals surface area contributed by atoms with Gasteiger partial charge in [-0.05, 0) is 63.3 Å². The van der Waals surface area contributed by atoms with Crippen molar-refractivity contribution >= 4 is 17.6 Å². The highest BCUT2D eigenvalue weighted by Crippen LogP contribution is 2.49. The molecule has 1 amide bonds. The van der Waals surface area contributed by atoms with Gasteiger partial charge in [0.25, 0.3) is 0 Å². The SMILES string of the molecule is CCOC(=O)CC1(O)CCC2(CCN(c3ccc(OCC(F)(F)F)cc3)C2=O)CC1. The minimum absolute atomic E-state index is 0.0513. The van der Waals surface area contributed by atoms with E-state index in [4.69, 9.17) is 9.47 Å². The molecular weight excluding hydrogens is 403 g/mol. The van der Waals surface area contributed by atoms with Crippen molar-refractivity contribution in [2.45, 2.75) is 57.2 Å². The van der Waals surface area contributed by atoms with Crippen LogP contribution in [0.4, 0.5) is 18.9 Å². The van der Waals surface area contributed by atoms with Gasteiger partial charge in [-0.25, -0.2) is 0 Å². The maximum Gasteiger partial charge on any atom is 0.422 e. The molecule has 3 rings (SSSR count). The molecule has 1 aromatic rings. The van der Waals surface area contributed by atoms with Crippen LogP contribution in [0.5, 0.6) is 5.75 Å². The number of aliphatic hydroxyl groups is 1. The van der Waals surface area contributed by atoms with Crippen LogP contribution in [-0.4, -0.2) is 48.5 Å². The van der Waals surface area contributed by atoms with E-state index < -0.39 is 29.8 Å². The lowest BCUT2D eigenvalue weighted by molar-refractivity contribution is -0.153. The predicted molar refractivity (Wildman–Crippen MR) is 102 cm³/mol. The zero-order valence-electron chi connectivity index (χ0n) is 16.8. The van der Waals surface area contributed by atoms with Gasteiger partial charge in [0.15, 0.2) is 6.61 Å². The number of esters is 1. The van der Waals surface area contributed by atoms with Gasteiger partial charge in [0.05, 0.1) is 24.0 Å². The lowest BCUT2D eigenvalue weighted by Crippen LogP contribution is -2.44. The van der Waals surface area contributed by atoms with Crippen LogP contribution in [-0.2, 0) is 14.3 Å². The first-order valence-electron chi connectivity index (χ1n) is 10.1. The molecule has 1 saturated heterocycles. The molecule has 0 unspecified atom stereocenters. The van der Waals surface area contributed by atoms with Crippen LogP contribution in [0.15, 0.2) is 24.3 Å². The van der Waals surface area contributed by atoms with Gasteiger partial charge < -0.3 is 19.5 Å². The molecule has 0 atom stereocenters. The largest absolute Gasteiger partial charge is 0.484 e. The van der Waals surface area contributed by atoms with Gasteiger partial charge in [-0.15, -0.1) is 0 Å². The van der Waals surface area contributed by atoms with Gasteiger partial charge in [-0.2, -0.15) is 13.2 Å². The van der Waals surface area contributed by atoms with E-state index in [1.54, 1.807) is 24.0 Å². The zero-order chi connectivity index (χ0) is 22.0. The van der Waals surface area contributed by atoms with Crippen molar-refractivity contribution in [2.24, 2.45) is 5.41 Å². The zero-order valence-corrected chi connectivity index (χ0v) is 16.8. The molecule has 2 aliphatic rings. The normalized spacial score (nSPS) is 26.8. The molecule has 1 N–H and O–H groups in total. The van der Waals surface area contributed by atoms with Gasteiger partial charge in [-0.1, -0.05) is 0 Å². The lowest BCUT2D eigenvalue weighted by atomic mass is 9.67. The van der Waals surface area contributed by atoms with E-state index in [-0.39, 0.29) is 24.7 Å². The van der Waals surface area contributed by atoms with E-state index >= 15 is 0 Å². The molecule has 1 aliphatic heterocycles. The van der Waals surface area contributed by atoms with Crippen LogP contribution in [0.1, 0.15) is 45.4 Å². The Morgan fingerprint density at radius 1 is 1.13 bits per heavy atom. The summed E-state index contributed by atoms with van der Waals surface area (Å²) in [4.78, 5) is 26.5. The van der Waals surface area contributed by atoms with Crippen LogP contribution in [0, 0.1) is 5.41 Å². The molecule has 1 aliphatic carbocycles. The summed E-state index contributed by atoms with van der Waals surface area (Å²) in [7, 11) is 0. The first-order valence-corrected chi connectivity index (χ1v) is 10.1. The molecule has 1 spiro atoms. The van der Waals surface area contributed by atoms with E-state index in [0.29, 0.717) is 44.3 Å². The van der Waals surface area contributed by atoms with Gasteiger partial charge in [0.1, 0.15) is 5.75 Å². The number of anilines is 1. The first-order chi connectivity index (χ1) is 14.1. The highest BCUT2D eigenvalue weighted by atomic mass is 19.4. The minimum atomic E-state index is -4.41. The fraction of sp³-hybridized carbons (Fsp3) is 0.619. The van der Waals surface area contributed by atoms with Crippen LogP contribution in [0.2, 0.25) is 0 Å². The number of ether oxygens (including phenoxy) is 2. The van der Waals surface area contributed by atoms with E-state index in [2.05, 4.69) is 0 Å². The maximum absolute atomic E-state index is 13.1. The van der Waals surface area contributed by atoms with Gasteiger partial charge in [-0.3, -0.25) is 9.59 Å². The second kappa shape index (κ2) is 8.45. The van der Waals surface area contributed by atoms with Crippen molar-refractivity contribution < 1.29 is 37.3 Å². The van der Waals surface area contributed by atoms with Crippen molar-refractivity contribution in [3.8, 4) is 5.75 Å². The van der Waals surface area contributed by atoms with Crippen molar-refractivity contribution in [3.05, 3.63) is 24.3 Å². The van der Waals surface area contributed by atoms with Crippen molar-refractivity contribution in [1.29, 1.82) is 0 Å². The number of benzene rings is 1. The van der Waals surface area contributed by atoms with Crippen LogP contribution < -0.4 is 9.64 Å². The van der Waals surface area contributed by atoms with E-state index in [0.717, 1.165) is 0 Å². The fourth-order valence-corrected chi connectivity index (χ4v) is 4.27. The van der Waals surface area contributed by atoms with Crippen LogP contribution >= 0.6 is 0 Å².